The molecule has 0 aliphatic rings. The molecule has 1 aromatic heterocycles. The minimum atomic E-state index is -0.210. The maximum Gasteiger partial charge on any atom is 0.255 e. The highest BCUT2D eigenvalue weighted by Gasteiger charge is 2.14. The maximum atomic E-state index is 12.7. The Kier molecular flexibility index (Phi) is 5.84. The molecule has 0 spiro atoms. The fourth-order valence-corrected chi connectivity index (χ4v) is 3.61. The van der Waals surface area contributed by atoms with Crippen LogP contribution in [-0.2, 0) is 0 Å². The van der Waals surface area contributed by atoms with Gasteiger partial charge in [-0.15, -0.1) is 0 Å². The number of hydrogen-bond donors (Lipinski definition) is 1. The fraction of sp³-hybridized carbons (Fsp3) is 0.231. The topological polar surface area (TPSA) is 55.1 Å². The van der Waals surface area contributed by atoms with E-state index >= 15 is 0 Å². The lowest BCUT2D eigenvalue weighted by atomic mass is 9.98. The van der Waals surface area contributed by atoms with Gasteiger partial charge in [0.15, 0.2) is 5.58 Å². The smallest absolute Gasteiger partial charge is 0.255 e. The summed E-state index contributed by atoms with van der Waals surface area (Å²) < 4.78 is 5.97. The van der Waals surface area contributed by atoms with Crippen LogP contribution in [0.1, 0.15) is 53.2 Å². The van der Waals surface area contributed by atoms with E-state index in [4.69, 9.17) is 16.0 Å². The molecule has 0 radical (unpaired) electrons. The Morgan fingerprint density at radius 1 is 1.06 bits per heavy atom. The molecule has 0 saturated carbocycles. The summed E-state index contributed by atoms with van der Waals surface area (Å²) in [5, 5.41) is 3.36. The van der Waals surface area contributed by atoms with Gasteiger partial charge in [-0.2, -0.15) is 0 Å². The molecule has 4 nitrogen and oxygen atoms in total. The highest BCUT2D eigenvalue weighted by Crippen LogP contribution is 2.32. The molecule has 0 aliphatic heterocycles. The number of aryl methyl sites for hydroxylation is 2. The molecule has 31 heavy (non-hydrogen) atoms. The standard InChI is InChI=1S/C26H25ClN2O2/c1-5-15(2)18-9-11-24-23(13-18)29-26(31-24)20-8-10-21(27)22(14-20)28-25(30)19-7-6-16(3)17(4)12-19/h6-15H,5H2,1-4H3,(H,28,30). The summed E-state index contributed by atoms with van der Waals surface area (Å²) in [6.45, 7) is 8.37. The number of hydrogen-bond acceptors (Lipinski definition) is 3. The van der Waals surface area contributed by atoms with Crippen molar-refractivity contribution in [1.82, 2.24) is 4.98 Å². The van der Waals surface area contributed by atoms with Gasteiger partial charge in [0.25, 0.3) is 5.91 Å². The molecule has 1 unspecified atom stereocenters. The number of halogens is 1. The highest BCUT2D eigenvalue weighted by molar-refractivity contribution is 6.34. The largest absolute Gasteiger partial charge is 0.436 e. The Morgan fingerprint density at radius 3 is 2.61 bits per heavy atom. The molecule has 0 bridgehead atoms. The van der Waals surface area contributed by atoms with Crippen LogP contribution in [0, 0.1) is 13.8 Å². The van der Waals surface area contributed by atoms with Crippen LogP contribution in [0.5, 0.6) is 0 Å². The van der Waals surface area contributed by atoms with E-state index in [-0.39, 0.29) is 5.91 Å². The first-order valence-corrected chi connectivity index (χ1v) is 10.8. The van der Waals surface area contributed by atoms with E-state index in [1.165, 1.54) is 5.56 Å². The van der Waals surface area contributed by atoms with Gasteiger partial charge in [-0.1, -0.05) is 37.6 Å². The number of carbonyl (C=O) groups excluding carboxylic acids is 1. The molecule has 1 N–H and O–H groups in total. The highest BCUT2D eigenvalue weighted by atomic mass is 35.5. The third-order valence-electron chi connectivity index (χ3n) is 5.82. The number of nitrogens with one attached hydrogen (secondary N) is 1. The predicted molar refractivity (Wildman–Crippen MR) is 127 cm³/mol. The number of carbonyl (C=O) groups is 1. The SMILES string of the molecule is CCC(C)c1ccc2oc(-c3ccc(Cl)c(NC(=O)c4ccc(C)c(C)c4)c3)nc2c1. The van der Waals surface area contributed by atoms with Gasteiger partial charge in [0.1, 0.15) is 5.52 Å². The summed E-state index contributed by atoms with van der Waals surface area (Å²) in [5.74, 6) is 0.750. The Bertz CT molecular complexity index is 1280. The van der Waals surface area contributed by atoms with Crippen molar-refractivity contribution in [1.29, 1.82) is 0 Å². The Labute approximate surface area is 187 Å². The number of fused-ring (bicyclic) bond motifs is 1. The first-order chi connectivity index (χ1) is 14.9. The van der Waals surface area contributed by atoms with Crippen molar-refractivity contribution in [2.45, 2.75) is 40.0 Å². The lowest BCUT2D eigenvalue weighted by Crippen LogP contribution is -2.12. The van der Waals surface area contributed by atoms with Gasteiger partial charge >= 0.3 is 0 Å². The van der Waals surface area contributed by atoms with Gasteiger partial charge in [-0.25, -0.2) is 4.98 Å². The quantitative estimate of drug-likeness (QED) is 0.354. The molecule has 0 fully saturated rings. The Morgan fingerprint density at radius 2 is 1.87 bits per heavy atom. The van der Waals surface area contributed by atoms with Gasteiger partial charge in [-0.3, -0.25) is 4.79 Å². The number of anilines is 1. The van der Waals surface area contributed by atoms with Crippen molar-refractivity contribution in [3.05, 3.63) is 81.9 Å². The number of aromatic nitrogens is 1. The Hall–Kier alpha value is -3.11. The number of rotatable bonds is 5. The van der Waals surface area contributed by atoms with Gasteiger partial charge in [0, 0.05) is 11.1 Å². The van der Waals surface area contributed by atoms with E-state index in [1.54, 1.807) is 12.1 Å². The molecular formula is C26H25ClN2O2. The van der Waals surface area contributed by atoms with Crippen molar-refractivity contribution in [3.8, 4) is 11.5 Å². The van der Waals surface area contributed by atoms with Crippen molar-refractivity contribution >= 4 is 34.3 Å². The molecule has 1 heterocycles. The van der Waals surface area contributed by atoms with Crippen LogP contribution < -0.4 is 5.32 Å². The summed E-state index contributed by atoms with van der Waals surface area (Å²) in [5.41, 5.74) is 6.86. The van der Waals surface area contributed by atoms with Crippen LogP contribution >= 0.6 is 11.6 Å². The minimum absolute atomic E-state index is 0.210. The molecular weight excluding hydrogens is 408 g/mol. The first kappa shape index (κ1) is 21.1. The molecule has 0 saturated heterocycles. The van der Waals surface area contributed by atoms with E-state index in [9.17, 15) is 4.79 Å². The second-order valence-electron chi connectivity index (χ2n) is 8.00. The average molecular weight is 433 g/mol. The number of benzene rings is 3. The van der Waals surface area contributed by atoms with E-state index in [0.29, 0.717) is 28.1 Å². The second-order valence-corrected chi connectivity index (χ2v) is 8.41. The fourth-order valence-electron chi connectivity index (χ4n) is 3.44. The molecule has 1 atom stereocenters. The van der Waals surface area contributed by atoms with Gasteiger partial charge in [-0.05, 0) is 85.3 Å². The minimum Gasteiger partial charge on any atom is -0.436 e. The Balaban J connectivity index is 1.64. The summed E-state index contributed by atoms with van der Waals surface area (Å²) in [4.78, 5) is 17.4. The normalized spacial score (nSPS) is 12.2. The van der Waals surface area contributed by atoms with Crippen molar-refractivity contribution < 1.29 is 9.21 Å². The van der Waals surface area contributed by atoms with Gasteiger partial charge < -0.3 is 9.73 Å². The lowest BCUT2D eigenvalue weighted by Gasteiger charge is -2.10. The van der Waals surface area contributed by atoms with E-state index < -0.39 is 0 Å². The summed E-state index contributed by atoms with van der Waals surface area (Å²) in [6, 6.07) is 17.1. The predicted octanol–water partition coefficient (Wildman–Crippen LogP) is 7.53. The first-order valence-electron chi connectivity index (χ1n) is 10.4. The zero-order valence-electron chi connectivity index (χ0n) is 18.1. The van der Waals surface area contributed by atoms with Crippen molar-refractivity contribution in [2.75, 3.05) is 5.32 Å². The molecule has 1 amide bonds. The third-order valence-corrected chi connectivity index (χ3v) is 6.15. The monoisotopic (exact) mass is 432 g/mol. The molecule has 3 aromatic carbocycles. The van der Waals surface area contributed by atoms with Crippen LogP contribution in [0.15, 0.2) is 59.0 Å². The van der Waals surface area contributed by atoms with Gasteiger partial charge in [0.2, 0.25) is 5.89 Å². The lowest BCUT2D eigenvalue weighted by molar-refractivity contribution is 0.102. The number of oxazole rings is 1. The number of amides is 1. The zero-order chi connectivity index (χ0) is 22.1. The summed E-state index contributed by atoms with van der Waals surface area (Å²) in [7, 11) is 0. The summed E-state index contributed by atoms with van der Waals surface area (Å²) in [6.07, 6.45) is 1.07. The second kappa shape index (κ2) is 8.56. The maximum absolute atomic E-state index is 12.7. The third kappa shape index (κ3) is 4.35. The van der Waals surface area contributed by atoms with Gasteiger partial charge in [0.05, 0.1) is 10.7 Å². The molecule has 5 heteroatoms. The van der Waals surface area contributed by atoms with Crippen LogP contribution in [0.4, 0.5) is 5.69 Å². The van der Waals surface area contributed by atoms with Crippen molar-refractivity contribution in [2.24, 2.45) is 0 Å². The van der Waals surface area contributed by atoms with E-state index in [1.807, 2.05) is 44.2 Å². The number of nitrogens with zero attached hydrogens (tertiary/aromatic N) is 1. The average Bonchev–Trinajstić information content (AvgIpc) is 3.19. The van der Waals surface area contributed by atoms with E-state index in [0.717, 1.165) is 34.2 Å². The van der Waals surface area contributed by atoms with Crippen LogP contribution in [0.3, 0.4) is 0 Å². The molecule has 158 valence electrons. The zero-order valence-corrected chi connectivity index (χ0v) is 18.9. The van der Waals surface area contributed by atoms with E-state index in [2.05, 4.69) is 36.3 Å². The van der Waals surface area contributed by atoms with Crippen LogP contribution in [0.2, 0.25) is 5.02 Å². The van der Waals surface area contributed by atoms with Crippen LogP contribution in [-0.4, -0.2) is 10.9 Å². The summed E-state index contributed by atoms with van der Waals surface area (Å²) >= 11 is 6.36. The molecule has 0 aliphatic carbocycles. The molecule has 4 aromatic rings. The van der Waals surface area contributed by atoms with Crippen LogP contribution in [0.25, 0.3) is 22.6 Å². The van der Waals surface area contributed by atoms with Crippen molar-refractivity contribution in [3.63, 3.8) is 0 Å². The molecule has 4 rings (SSSR count).